The normalized spacial score (nSPS) is 19.3. The molecule has 0 spiro atoms. The first kappa shape index (κ1) is 17.4. The number of nitrogens with zero attached hydrogens (tertiary/aromatic N) is 1. The van der Waals surface area contributed by atoms with Crippen LogP contribution in [0.15, 0.2) is 23.1 Å². The molecule has 1 aliphatic rings. The lowest BCUT2D eigenvalue weighted by Crippen LogP contribution is -2.42. The first-order valence-electron chi connectivity index (χ1n) is 6.88. The maximum atomic E-state index is 13.5. The van der Waals surface area contributed by atoms with Gasteiger partial charge in [-0.2, -0.15) is 4.31 Å². The summed E-state index contributed by atoms with van der Waals surface area (Å²) in [5, 5.41) is 9.06. The fourth-order valence-electron chi connectivity index (χ4n) is 2.49. The van der Waals surface area contributed by atoms with Crippen molar-refractivity contribution in [3.05, 3.63) is 29.6 Å². The zero-order chi connectivity index (χ0) is 17.2. The standard InChI is InChI=1S/C14H16FNO6S/c1-22-14(19)11-5-4-10(15)7-12(11)23(20,21)16-6-2-3-9(8-16)13(17)18/h4-5,7,9H,2-3,6,8H2,1H3,(H,17,18). The van der Waals surface area contributed by atoms with Crippen molar-refractivity contribution in [1.29, 1.82) is 0 Å². The fourth-order valence-corrected chi connectivity index (χ4v) is 4.20. The van der Waals surface area contributed by atoms with Crippen molar-refractivity contribution in [2.24, 2.45) is 5.92 Å². The van der Waals surface area contributed by atoms with Crippen LogP contribution >= 0.6 is 0 Å². The number of halogens is 1. The Morgan fingerprint density at radius 2 is 2.09 bits per heavy atom. The summed E-state index contributed by atoms with van der Waals surface area (Å²) < 4.78 is 44.4. The number of hydrogen-bond acceptors (Lipinski definition) is 5. The quantitative estimate of drug-likeness (QED) is 0.820. The van der Waals surface area contributed by atoms with Gasteiger partial charge < -0.3 is 9.84 Å². The van der Waals surface area contributed by atoms with Crippen molar-refractivity contribution in [3.8, 4) is 0 Å². The zero-order valence-electron chi connectivity index (χ0n) is 12.4. The minimum atomic E-state index is -4.21. The third kappa shape index (κ3) is 3.50. The van der Waals surface area contributed by atoms with Gasteiger partial charge in [-0.25, -0.2) is 17.6 Å². The van der Waals surface area contributed by atoms with Crippen LogP contribution in [0.25, 0.3) is 0 Å². The third-order valence-corrected chi connectivity index (χ3v) is 5.61. The second-order valence-corrected chi connectivity index (χ2v) is 7.08. The van der Waals surface area contributed by atoms with Gasteiger partial charge in [0, 0.05) is 13.1 Å². The van der Waals surface area contributed by atoms with Gasteiger partial charge in [0.1, 0.15) is 5.82 Å². The van der Waals surface area contributed by atoms with Crippen LogP contribution in [-0.4, -0.2) is 50.0 Å². The lowest BCUT2D eigenvalue weighted by atomic mass is 10.0. The Kier molecular flexibility index (Phi) is 5.00. The highest BCUT2D eigenvalue weighted by atomic mass is 32.2. The number of aliphatic carboxylic acids is 1. The molecule has 1 fully saturated rings. The van der Waals surface area contributed by atoms with Gasteiger partial charge in [0.2, 0.25) is 10.0 Å². The molecule has 0 radical (unpaired) electrons. The van der Waals surface area contributed by atoms with E-state index in [1.54, 1.807) is 0 Å². The van der Waals surface area contributed by atoms with E-state index in [-0.39, 0.29) is 18.7 Å². The molecule has 7 nitrogen and oxygen atoms in total. The summed E-state index contributed by atoms with van der Waals surface area (Å²) in [5.41, 5.74) is -0.286. The van der Waals surface area contributed by atoms with Gasteiger partial charge in [-0.3, -0.25) is 4.79 Å². The van der Waals surface area contributed by atoms with E-state index in [9.17, 15) is 22.4 Å². The molecule has 126 valence electrons. The maximum Gasteiger partial charge on any atom is 0.339 e. The average Bonchev–Trinajstić information content (AvgIpc) is 2.54. The molecule has 0 saturated carbocycles. The summed E-state index contributed by atoms with van der Waals surface area (Å²) >= 11 is 0. The van der Waals surface area contributed by atoms with Crippen molar-refractivity contribution >= 4 is 22.0 Å². The molecule has 1 N–H and O–H groups in total. The molecule has 1 aliphatic heterocycles. The molecule has 0 amide bonds. The highest BCUT2D eigenvalue weighted by Crippen LogP contribution is 2.27. The Morgan fingerprint density at radius 1 is 1.39 bits per heavy atom. The molecule has 0 bridgehead atoms. The van der Waals surface area contributed by atoms with Gasteiger partial charge in [0.15, 0.2) is 0 Å². The summed E-state index contributed by atoms with van der Waals surface area (Å²) in [5.74, 6) is -3.63. The van der Waals surface area contributed by atoms with Crippen molar-refractivity contribution < 1.29 is 32.2 Å². The molecule has 1 aromatic carbocycles. The minimum Gasteiger partial charge on any atom is -0.481 e. The second kappa shape index (κ2) is 6.63. The van der Waals surface area contributed by atoms with E-state index in [1.807, 2.05) is 0 Å². The Morgan fingerprint density at radius 3 is 2.70 bits per heavy atom. The summed E-state index contributed by atoms with van der Waals surface area (Å²) in [7, 11) is -3.12. The number of benzene rings is 1. The molecule has 1 aromatic rings. The molecule has 1 saturated heterocycles. The fraction of sp³-hybridized carbons (Fsp3) is 0.429. The molecule has 1 unspecified atom stereocenters. The summed E-state index contributed by atoms with van der Waals surface area (Å²) in [4.78, 5) is 22.3. The number of ether oxygens (including phenoxy) is 1. The van der Waals surface area contributed by atoms with Gasteiger partial charge in [0.25, 0.3) is 0 Å². The Balaban J connectivity index is 2.45. The monoisotopic (exact) mass is 345 g/mol. The molecule has 2 rings (SSSR count). The number of piperidine rings is 1. The van der Waals surface area contributed by atoms with E-state index in [0.717, 1.165) is 29.6 Å². The largest absolute Gasteiger partial charge is 0.481 e. The maximum absolute atomic E-state index is 13.5. The van der Waals surface area contributed by atoms with Crippen LogP contribution in [0.1, 0.15) is 23.2 Å². The lowest BCUT2D eigenvalue weighted by Gasteiger charge is -2.30. The van der Waals surface area contributed by atoms with E-state index < -0.39 is 38.6 Å². The van der Waals surface area contributed by atoms with Crippen LogP contribution in [0.4, 0.5) is 4.39 Å². The smallest absolute Gasteiger partial charge is 0.339 e. The first-order chi connectivity index (χ1) is 10.8. The van der Waals surface area contributed by atoms with Gasteiger partial charge in [-0.1, -0.05) is 0 Å². The van der Waals surface area contributed by atoms with E-state index in [4.69, 9.17) is 5.11 Å². The zero-order valence-corrected chi connectivity index (χ0v) is 13.2. The number of carboxylic acid groups (broad SMARTS) is 1. The van der Waals surface area contributed by atoms with Crippen LogP contribution in [0, 0.1) is 11.7 Å². The SMILES string of the molecule is COC(=O)c1ccc(F)cc1S(=O)(=O)N1CCCC(C(=O)O)C1. The van der Waals surface area contributed by atoms with Crippen LogP contribution in [-0.2, 0) is 19.6 Å². The topological polar surface area (TPSA) is 101 Å². The van der Waals surface area contributed by atoms with Crippen molar-refractivity contribution in [1.82, 2.24) is 4.31 Å². The van der Waals surface area contributed by atoms with Crippen molar-refractivity contribution in [2.45, 2.75) is 17.7 Å². The highest BCUT2D eigenvalue weighted by molar-refractivity contribution is 7.89. The van der Waals surface area contributed by atoms with Gasteiger partial charge in [0.05, 0.1) is 23.5 Å². The number of methoxy groups -OCH3 is 1. The molecule has 0 aromatic heterocycles. The van der Waals surface area contributed by atoms with E-state index in [2.05, 4.69) is 4.74 Å². The van der Waals surface area contributed by atoms with Gasteiger partial charge in [-0.15, -0.1) is 0 Å². The number of esters is 1. The number of hydrogen-bond donors (Lipinski definition) is 1. The molecule has 1 atom stereocenters. The Hall–Kier alpha value is -2.00. The minimum absolute atomic E-state index is 0.114. The van der Waals surface area contributed by atoms with Gasteiger partial charge in [-0.05, 0) is 31.0 Å². The highest BCUT2D eigenvalue weighted by Gasteiger charge is 2.35. The Bertz CT molecular complexity index is 733. The average molecular weight is 345 g/mol. The van der Waals surface area contributed by atoms with E-state index >= 15 is 0 Å². The van der Waals surface area contributed by atoms with E-state index in [0.29, 0.717) is 12.8 Å². The predicted molar refractivity (Wildman–Crippen MR) is 76.9 cm³/mol. The summed E-state index contributed by atoms with van der Waals surface area (Å²) in [6.45, 7) is -0.0992. The number of rotatable bonds is 4. The Labute approximate surface area is 132 Å². The molecular weight excluding hydrogens is 329 g/mol. The van der Waals surface area contributed by atoms with Crippen molar-refractivity contribution in [3.63, 3.8) is 0 Å². The molecular formula is C14H16FNO6S. The summed E-state index contributed by atoms with van der Waals surface area (Å²) in [6.07, 6.45) is 0.743. The molecule has 1 heterocycles. The number of carbonyl (C=O) groups is 2. The first-order valence-corrected chi connectivity index (χ1v) is 8.32. The van der Waals surface area contributed by atoms with Gasteiger partial charge >= 0.3 is 11.9 Å². The van der Waals surface area contributed by atoms with Crippen LogP contribution in [0.5, 0.6) is 0 Å². The van der Waals surface area contributed by atoms with Crippen LogP contribution < -0.4 is 0 Å². The lowest BCUT2D eigenvalue weighted by molar-refractivity contribution is -0.142. The molecule has 9 heteroatoms. The second-order valence-electron chi connectivity index (χ2n) is 5.17. The predicted octanol–water partition coefficient (Wildman–Crippen LogP) is 1.10. The summed E-state index contributed by atoms with van der Waals surface area (Å²) in [6, 6.07) is 2.74. The van der Waals surface area contributed by atoms with E-state index in [1.165, 1.54) is 0 Å². The third-order valence-electron chi connectivity index (χ3n) is 3.70. The molecule has 0 aliphatic carbocycles. The number of carboxylic acids is 1. The number of sulfonamides is 1. The number of carbonyl (C=O) groups excluding carboxylic acids is 1. The van der Waals surface area contributed by atoms with Crippen molar-refractivity contribution in [2.75, 3.05) is 20.2 Å². The van der Waals surface area contributed by atoms with Crippen LogP contribution in [0.2, 0.25) is 0 Å². The van der Waals surface area contributed by atoms with Crippen LogP contribution in [0.3, 0.4) is 0 Å². The molecule has 23 heavy (non-hydrogen) atoms.